The van der Waals surface area contributed by atoms with Gasteiger partial charge in [0.15, 0.2) is 0 Å². The van der Waals surface area contributed by atoms with Crippen LogP contribution in [0, 0.1) is 0 Å². The molecule has 1 aliphatic rings. The van der Waals surface area contributed by atoms with Gasteiger partial charge in [0.1, 0.15) is 5.76 Å². The fraction of sp³-hybridized carbons (Fsp3) is 0.714. The summed E-state index contributed by atoms with van der Waals surface area (Å²) in [6.45, 7) is 7.92. The van der Waals surface area contributed by atoms with Crippen molar-refractivity contribution in [2.45, 2.75) is 45.2 Å². The van der Waals surface area contributed by atoms with Crippen LogP contribution in [0.15, 0.2) is 22.8 Å². The lowest BCUT2D eigenvalue weighted by molar-refractivity contribution is 0.244. The quantitative estimate of drug-likeness (QED) is 0.823. The van der Waals surface area contributed by atoms with Crippen LogP contribution < -0.4 is 5.32 Å². The third-order valence-corrected chi connectivity index (χ3v) is 3.79. The van der Waals surface area contributed by atoms with Gasteiger partial charge in [-0.1, -0.05) is 6.92 Å². The molecule has 0 amide bonds. The topological polar surface area (TPSA) is 28.4 Å². The molecule has 0 aliphatic carbocycles. The van der Waals surface area contributed by atoms with Crippen LogP contribution in [-0.2, 0) is 0 Å². The van der Waals surface area contributed by atoms with Crippen molar-refractivity contribution >= 4 is 0 Å². The van der Waals surface area contributed by atoms with Crippen LogP contribution in [0.2, 0.25) is 0 Å². The maximum absolute atomic E-state index is 5.38. The molecule has 3 heteroatoms. The summed E-state index contributed by atoms with van der Waals surface area (Å²) in [5.41, 5.74) is 0. The second kappa shape index (κ2) is 6.22. The maximum Gasteiger partial charge on any atom is 0.120 e. The molecular weight excluding hydrogens is 212 g/mol. The van der Waals surface area contributed by atoms with Gasteiger partial charge in [-0.25, -0.2) is 0 Å². The van der Waals surface area contributed by atoms with Crippen molar-refractivity contribution < 1.29 is 4.42 Å². The van der Waals surface area contributed by atoms with Gasteiger partial charge in [0.2, 0.25) is 0 Å². The fourth-order valence-electron chi connectivity index (χ4n) is 2.71. The zero-order valence-corrected chi connectivity index (χ0v) is 11.0. The summed E-state index contributed by atoms with van der Waals surface area (Å²) in [6.07, 6.45) is 5.77. The number of hydrogen-bond acceptors (Lipinski definition) is 3. The minimum Gasteiger partial charge on any atom is -0.468 e. The first-order valence-corrected chi connectivity index (χ1v) is 6.82. The van der Waals surface area contributed by atoms with Gasteiger partial charge < -0.3 is 9.73 Å². The normalized spacial score (nSPS) is 23.1. The van der Waals surface area contributed by atoms with Crippen LogP contribution in [0.3, 0.4) is 0 Å². The lowest BCUT2D eigenvalue weighted by Crippen LogP contribution is -2.36. The van der Waals surface area contributed by atoms with Crippen molar-refractivity contribution in [1.82, 2.24) is 10.2 Å². The molecule has 1 fully saturated rings. The molecule has 0 radical (unpaired) electrons. The van der Waals surface area contributed by atoms with Crippen LogP contribution >= 0.6 is 0 Å². The summed E-state index contributed by atoms with van der Waals surface area (Å²) in [5, 5.41) is 3.52. The Kier molecular flexibility index (Phi) is 4.63. The van der Waals surface area contributed by atoms with Gasteiger partial charge in [0.05, 0.1) is 12.3 Å². The summed E-state index contributed by atoms with van der Waals surface area (Å²) < 4.78 is 5.38. The smallest absolute Gasteiger partial charge is 0.120 e. The highest BCUT2D eigenvalue weighted by Gasteiger charge is 2.22. The minimum atomic E-state index is 0.313. The molecular formula is C14H24N2O. The molecule has 1 N–H and O–H groups in total. The van der Waals surface area contributed by atoms with E-state index >= 15 is 0 Å². The van der Waals surface area contributed by atoms with E-state index in [1.54, 1.807) is 6.26 Å². The predicted octanol–water partition coefficient (Wildman–Crippen LogP) is 2.80. The highest BCUT2D eigenvalue weighted by molar-refractivity contribution is 5.02. The summed E-state index contributed by atoms with van der Waals surface area (Å²) in [4.78, 5) is 2.61. The van der Waals surface area contributed by atoms with Gasteiger partial charge in [-0.05, 0) is 44.9 Å². The SMILES string of the molecule is CCC1CCCN1CCNC(C)c1ccco1. The van der Waals surface area contributed by atoms with E-state index in [9.17, 15) is 0 Å². The molecule has 1 aliphatic heterocycles. The van der Waals surface area contributed by atoms with Gasteiger partial charge in [-0.3, -0.25) is 4.90 Å². The summed E-state index contributed by atoms with van der Waals surface area (Å²) in [5.74, 6) is 1.03. The van der Waals surface area contributed by atoms with E-state index in [2.05, 4.69) is 24.1 Å². The van der Waals surface area contributed by atoms with Crippen LogP contribution in [0.5, 0.6) is 0 Å². The molecule has 2 rings (SSSR count). The van der Waals surface area contributed by atoms with Crippen molar-refractivity contribution in [3.8, 4) is 0 Å². The van der Waals surface area contributed by atoms with E-state index in [1.165, 1.54) is 25.8 Å². The van der Waals surface area contributed by atoms with E-state index in [-0.39, 0.29) is 0 Å². The molecule has 2 atom stereocenters. The zero-order valence-electron chi connectivity index (χ0n) is 11.0. The van der Waals surface area contributed by atoms with E-state index in [4.69, 9.17) is 4.42 Å². The Labute approximate surface area is 104 Å². The molecule has 1 saturated heterocycles. The van der Waals surface area contributed by atoms with Gasteiger partial charge in [-0.2, -0.15) is 0 Å². The van der Waals surface area contributed by atoms with Crippen LogP contribution in [0.4, 0.5) is 0 Å². The number of hydrogen-bond donors (Lipinski definition) is 1. The van der Waals surface area contributed by atoms with Crippen molar-refractivity contribution in [3.05, 3.63) is 24.2 Å². The van der Waals surface area contributed by atoms with Gasteiger partial charge in [0, 0.05) is 19.1 Å². The number of furan rings is 1. The third-order valence-electron chi connectivity index (χ3n) is 3.79. The molecule has 17 heavy (non-hydrogen) atoms. The van der Waals surface area contributed by atoms with Crippen molar-refractivity contribution in [2.24, 2.45) is 0 Å². The molecule has 1 aromatic rings. The highest BCUT2D eigenvalue weighted by atomic mass is 16.3. The summed E-state index contributed by atoms with van der Waals surface area (Å²) in [6, 6.07) is 5.10. The number of likely N-dealkylation sites (tertiary alicyclic amines) is 1. The molecule has 1 aromatic heterocycles. The van der Waals surface area contributed by atoms with E-state index < -0.39 is 0 Å². The van der Waals surface area contributed by atoms with Crippen LogP contribution in [0.1, 0.15) is 44.9 Å². The average Bonchev–Trinajstić information content (AvgIpc) is 2.99. The number of rotatable bonds is 6. The molecule has 0 spiro atoms. The summed E-state index contributed by atoms with van der Waals surface area (Å²) in [7, 11) is 0. The lowest BCUT2D eigenvalue weighted by Gasteiger charge is -2.24. The Balaban J connectivity index is 1.69. The fourth-order valence-corrected chi connectivity index (χ4v) is 2.71. The first-order chi connectivity index (χ1) is 8.31. The Morgan fingerprint density at radius 1 is 1.59 bits per heavy atom. The van der Waals surface area contributed by atoms with Crippen molar-refractivity contribution in [3.63, 3.8) is 0 Å². The van der Waals surface area contributed by atoms with E-state index in [0.717, 1.165) is 24.9 Å². The Bertz CT molecular complexity index is 310. The minimum absolute atomic E-state index is 0.313. The average molecular weight is 236 g/mol. The van der Waals surface area contributed by atoms with Crippen LogP contribution in [-0.4, -0.2) is 30.6 Å². The van der Waals surface area contributed by atoms with Crippen molar-refractivity contribution in [2.75, 3.05) is 19.6 Å². The third kappa shape index (κ3) is 3.33. The first-order valence-electron chi connectivity index (χ1n) is 6.82. The molecule has 3 nitrogen and oxygen atoms in total. The molecule has 0 aromatic carbocycles. The Hall–Kier alpha value is -0.800. The molecule has 96 valence electrons. The van der Waals surface area contributed by atoms with Gasteiger partial charge in [0.25, 0.3) is 0 Å². The van der Waals surface area contributed by atoms with Gasteiger partial charge in [-0.15, -0.1) is 0 Å². The molecule has 0 bridgehead atoms. The largest absolute Gasteiger partial charge is 0.468 e. The summed E-state index contributed by atoms with van der Waals surface area (Å²) >= 11 is 0. The molecule has 0 saturated carbocycles. The number of nitrogens with zero attached hydrogens (tertiary/aromatic N) is 1. The number of nitrogens with one attached hydrogen (secondary N) is 1. The Morgan fingerprint density at radius 2 is 2.47 bits per heavy atom. The zero-order chi connectivity index (χ0) is 12.1. The standard InChI is InChI=1S/C14H24N2O/c1-3-13-6-4-9-16(13)10-8-15-12(2)14-7-5-11-17-14/h5,7,11-13,15H,3-4,6,8-10H2,1-2H3. The van der Waals surface area contributed by atoms with Gasteiger partial charge >= 0.3 is 0 Å². The Morgan fingerprint density at radius 3 is 3.18 bits per heavy atom. The van der Waals surface area contributed by atoms with E-state index in [0.29, 0.717) is 6.04 Å². The lowest BCUT2D eigenvalue weighted by atomic mass is 10.2. The first kappa shape index (κ1) is 12.7. The molecule has 2 unspecified atom stereocenters. The maximum atomic E-state index is 5.38. The van der Waals surface area contributed by atoms with Crippen LogP contribution in [0.25, 0.3) is 0 Å². The second-order valence-corrected chi connectivity index (χ2v) is 4.93. The van der Waals surface area contributed by atoms with E-state index in [1.807, 2.05) is 12.1 Å². The predicted molar refractivity (Wildman–Crippen MR) is 70.0 cm³/mol. The molecule has 2 heterocycles. The highest BCUT2D eigenvalue weighted by Crippen LogP contribution is 2.19. The second-order valence-electron chi connectivity index (χ2n) is 4.93. The van der Waals surface area contributed by atoms with Crippen molar-refractivity contribution in [1.29, 1.82) is 0 Å². The monoisotopic (exact) mass is 236 g/mol.